The van der Waals surface area contributed by atoms with E-state index in [1.54, 1.807) is 0 Å². The van der Waals surface area contributed by atoms with Crippen LogP contribution in [0.3, 0.4) is 0 Å². The molecule has 2 aliphatic heterocycles. The van der Waals surface area contributed by atoms with Crippen molar-refractivity contribution in [2.24, 2.45) is 0 Å². The molecule has 182 valence electrons. The van der Waals surface area contributed by atoms with E-state index in [-0.39, 0.29) is 6.04 Å². The zero-order valence-corrected chi connectivity index (χ0v) is 18.8. The Balaban J connectivity index is 1.51. The highest BCUT2D eigenvalue weighted by Crippen LogP contribution is 2.45. The third-order valence-corrected chi connectivity index (χ3v) is 6.35. The molecule has 5 rings (SSSR count). The fourth-order valence-corrected chi connectivity index (χ4v) is 4.90. The molecule has 0 aromatic heterocycles. The quantitative estimate of drug-likeness (QED) is 0.566. The Labute approximate surface area is 201 Å². The molecule has 0 saturated carbocycles. The van der Waals surface area contributed by atoms with Crippen molar-refractivity contribution in [2.75, 3.05) is 19.6 Å². The molecule has 2 bridgehead atoms. The Morgan fingerprint density at radius 3 is 2.00 bits per heavy atom. The molecule has 1 amide bonds. The molecule has 2 aliphatic rings. The number of benzene rings is 3. The Kier molecular flexibility index (Phi) is 6.35. The molecular weight excluding hydrogens is 457 g/mol. The summed E-state index contributed by atoms with van der Waals surface area (Å²) in [4.78, 5) is 15.0. The first-order valence-electron chi connectivity index (χ1n) is 11.4. The van der Waals surface area contributed by atoms with E-state index < -0.39 is 36.6 Å². The number of morpholine rings is 1. The second-order valence-electron chi connectivity index (χ2n) is 8.80. The van der Waals surface area contributed by atoms with Gasteiger partial charge < -0.3 is 14.8 Å². The van der Waals surface area contributed by atoms with Gasteiger partial charge in [0.2, 0.25) is 5.79 Å². The van der Waals surface area contributed by atoms with E-state index in [9.17, 15) is 18.0 Å². The number of amides is 1. The molecule has 5 nitrogen and oxygen atoms in total. The number of nitrogens with one attached hydrogen (secondary N) is 1. The zero-order valence-electron chi connectivity index (χ0n) is 18.8. The first-order valence-corrected chi connectivity index (χ1v) is 11.4. The summed E-state index contributed by atoms with van der Waals surface area (Å²) in [5.74, 6) is -2.12. The van der Waals surface area contributed by atoms with Gasteiger partial charge in [-0.05, 0) is 11.1 Å². The van der Waals surface area contributed by atoms with Gasteiger partial charge in [0.1, 0.15) is 12.6 Å². The second kappa shape index (κ2) is 9.45. The van der Waals surface area contributed by atoms with Crippen LogP contribution in [0.4, 0.5) is 13.2 Å². The number of halogens is 3. The lowest BCUT2D eigenvalue weighted by atomic mass is 9.94. The van der Waals surface area contributed by atoms with E-state index in [2.05, 4.69) is 4.90 Å². The van der Waals surface area contributed by atoms with Gasteiger partial charge in [-0.1, -0.05) is 91.0 Å². The van der Waals surface area contributed by atoms with E-state index in [0.717, 1.165) is 11.1 Å². The molecular formula is C27H25F3N2O3. The van der Waals surface area contributed by atoms with Crippen LogP contribution in [0.1, 0.15) is 22.7 Å². The molecule has 8 heteroatoms. The van der Waals surface area contributed by atoms with Crippen LogP contribution in [0.15, 0.2) is 91.0 Å². The van der Waals surface area contributed by atoms with Gasteiger partial charge in [0, 0.05) is 12.1 Å². The van der Waals surface area contributed by atoms with Crippen LogP contribution in [0.5, 0.6) is 0 Å². The maximum Gasteiger partial charge on any atom is 0.405 e. The molecule has 2 saturated heterocycles. The summed E-state index contributed by atoms with van der Waals surface area (Å²) in [6, 6.07) is 29.0. The van der Waals surface area contributed by atoms with Crippen LogP contribution in [0.25, 0.3) is 0 Å². The van der Waals surface area contributed by atoms with Gasteiger partial charge in [0.15, 0.2) is 6.10 Å². The highest BCUT2D eigenvalue weighted by Gasteiger charge is 2.57. The first-order chi connectivity index (χ1) is 16.8. The lowest BCUT2D eigenvalue weighted by molar-refractivity contribution is -0.220. The molecule has 3 aromatic rings. The van der Waals surface area contributed by atoms with Gasteiger partial charge in [-0.25, -0.2) is 0 Å². The summed E-state index contributed by atoms with van der Waals surface area (Å²) < 4.78 is 50.8. The average molecular weight is 483 g/mol. The Morgan fingerprint density at radius 2 is 1.46 bits per heavy atom. The van der Waals surface area contributed by atoms with Gasteiger partial charge >= 0.3 is 6.18 Å². The Hall–Kier alpha value is -3.20. The van der Waals surface area contributed by atoms with Crippen LogP contribution in [-0.2, 0) is 20.1 Å². The highest BCUT2D eigenvalue weighted by molar-refractivity contribution is 5.82. The van der Waals surface area contributed by atoms with Crippen molar-refractivity contribution in [3.8, 4) is 0 Å². The number of ether oxygens (including phenoxy) is 2. The number of hydrogen-bond acceptors (Lipinski definition) is 4. The average Bonchev–Trinajstić information content (AvgIpc) is 3.15. The molecule has 3 atom stereocenters. The van der Waals surface area contributed by atoms with Crippen molar-refractivity contribution < 1.29 is 27.4 Å². The third kappa shape index (κ3) is 4.96. The number of hydrogen-bond donors (Lipinski definition) is 1. The molecule has 35 heavy (non-hydrogen) atoms. The predicted molar refractivity (Wildman–Crippen MR) is 123 cm³/mol. The molecule has 0 spiro atoms. The van der Waals surface area contributed by atoms with Crippen molar-refractivity contribution in [1.29, 1.82) is 0 Å². The van der Waals surface area contributed by atoms with Crippen molar-refractivity contribution in [3.05, 3.63) is 108 Å². The molecule has 3 aromatic carbocycles. The Morgan fingerprint density at radius 1 is 0.914 bits per heavy atom. The second-order valence-corrected chi connectivity index (χ2v) is 8.80. The fraction of sp³-hybridized carbons (Fsp3) is 0.296. The largest absolute Gasteiger partial charge is 0.405 e. The Bertz CT molecular complexity index is 1110. The van der Waals surface area contributed by atoms with E-state index in [1.165, 1.54) is 0 Å². The van der Waals surface area contributed by atoms with E-state index >= 15 is 0 Å². The van der Waals surface area contributed by atoms with E-state index in [0.29, 0.717) is 18.7 Å². The smallest absolute Gasteiger partial charge is 0.345 e. The number of rotatable bonds is 6. The first kappa shape index (κ1) is 23.5. The predicted octanol–water partition coefficient (Wildman–Crippen LogP) is 4.41. The van der Waals surface area contributed by atoms with Gasteiger partial charge in [-0.15, -0.1) is 0 Å². The number of nitrogens with zero attached hydrogens (tertiary/aromatic N) is 1. The lowest BCUT2D eigenvalue weighted by Crippen LogP contribution is -2.52. The van der Waals surface area contributed by atoms with Crippen molar-refractivity contribution in [2.45, 2.75) is 30.2 Å². The topological polar surface area (TPSA) is 50.8 Å². The van der Waals surface area contributed by atoms with Crippen molar-refractivity contribution >= 4 is 5.91 Å². The van der Waals surface area contributed by atoms with Gasteiger partial charge in [0.25, 0.3) is 5.91 Å². The van der Waals surface area contributed by atoms with Crippen LogP contribution in [0.2, 0.25) is 0 Å². The van der Waals surface area contributed by atoms with Crippen LogP contribution < -0.4 is 5.32 Å². The maximum atomic E-state index is 12.8. The minimum absolute atomic E-state index is 0.160. The van der Waals surface area contributed by atoms with Gasteiger partial charge in [0.05, 0.1) is 12.6 Å². The maximum absolute atomic E-state index is 12.8. The summed E-state index contributed by atoms with van der Waals surface area (Å²) in [7, 11) is 0. The van der Waals surface area contributed by atoms with E-state index in [1.807, 2.05) is 96.3 Å². The number of alkyl halides is 3. The summed E-state index contributed by atoms with van der Waals surface area (Å²) in [6.45, 7) is -0.810. The lowest BCUT2D eigenvalue weighted by Gasteiger charge is -2.42. The number of carbonyl (C=O) groups is 1. The summed E-state index contributed by atoms with van der Waals surface area (Å²) in [5.41, 5.74) is 2.82. The summed E-state index contributed by atoms with van der Waals surface area (Å²) in [5, 5.41) is 1.97. The molecule has 0 radical (unpaired) electrons. The van der Waals surface area contributed by atoms with Crippen LogP contribution in [0, 0.1) is 0 Å². The minimum Gasteiger partial charge on any atom is -0.345 e. The molecule has 1 N–H and O–H groups in total. The van der Waals surface area contributed by atoms with Crippen molar-refractivity contribution in [3.63, 3.8) is 0 Å². The standard InChI is InChI=1S/C27H25F3N2O3/c28-27(29,30)17-31-25(33)24-22-16-32(18-26(34-22,35-24)21-14-8-3-9-15-21)23(19-10-4-1-5-11-19)20-12-6-2-7-13-20/h1-15,22-24H,16-18H2,(H,31,33)/t22-,24+,26+/m0/s1. The summed E-state index contributed by atoms with van der Waals surface area (Å²) in [6.07, 6.45) is -6.43. The highest BCUT2D eigenvalue weighted by atomic mass is 19.4. The zero-order chi connectivity index (χ0) is 24.5. The van der Waals surface area contributed by atoms with Gasteiger partial charge in [-0.3, -0.25) is 9.69 Å². The van der Waals surface area contributed by atoms with Gasteiger partial charge in [-0.2, -0.15) is 13.2 Å². The van der Waals surface area contributed by atoms with Crippen LogP contribution in [-0.4, -0.2) is 48.8 Å². The number of carbonyl (C=O) groups excluding carboxylic acids is 1. The van der Waals surface area contributed by atoms with E-state index in [4.69, 9.17) is 9.47 Å². The molecule has 0 aliphatic carbocycles. The molecule has 2 fully saturated rings. The van der Waals surface area contributed by atoms with Crippen LogP contribution >= 0.6 is 0 Å². The summed E-state index contributed by atoms with van der Waals surface area (Å²) >= 11 is 0. The normalized spacial score (nSPS) is 24.5. The third-order valence-electron chi connectivity index (χ3n) is 6.35. The van der Waals surface area contributed by atoms with Crippen molar-refractivity contribution in [1.82, 2.24) is 10.2 Å². The molecule has 0 unspecified atom stereocenters. The number of fused-ring (bicyclic) bond motifs is 2. The fourth-order valence-electron chi connectivity index (χ4n) is 4.90. The SMILES string of the molecule is O=C(NCC(F)(F)F)[C@@H]1O[C@@]2(c3ccccc3)CN(C(c3ccccc3)c3ccccc3)C[C@@H]1O2. The molecule has 2 heterocycles. The minimum atomic E-state index is -4.51. The monoisotopic (exact) mass is 482 g/mol.